The number of thiazole rings is 1. The summed E-state index contributed by atoms with van der Waals surface area (Å²) >= 11 is 1.64. The molecule has 0 radical (unpaired) electrons. The molecule has 0 bridgehead atoms. The van der Waals surface area contributed by atoms with E-state index in [2.05, 4.69) is 30.9 Å². The Bertz CT molecular complexity index is 1200. The molecule has 0 spiro atoms. The maximum absolute atomic E-state index is 13.2. The molecule has 168 valence electrons. The zero-order chi connectivity index (χ0) is 23.0. The molecular weight excluding hydrogens is 432 g/mol. The number of hydrogen-bond acceptors (Lipinski definition) is 8. The Labute approximate surface area is 189 Å². The first-order valence-corrected chi connectivity index (χ1v) is 11.0. The second-order valence-electron chi connectivity index (χ2n) is 7.61. The predicted octanol–water partition coefficient (Wildman–Crippen LogP) is 3.80. The SMILES string of the molecule is COc1cc(C(=O)N2CCN(c3nc4c(C)c(C)ccc4s3)CC2)c([N+](=O)[O-])cc1OC. The first-order valence-electron chi connectivity index (χ1n) is 10.2. The van der Waals surface area contributed by atoms with Gasteiger partial charge in [0.1, 0.15) is 5.56 Å². The van der Waals surface area contributed by atoms with Crippen LogP contribution in [0.15, 0.2) is 24.3 Å². The lowest BCUT2D eigenvalue weighted by Crippen LogP contribution is -2.48. The Hall–Kier alpha value is -3.40. The molecule has 1 aliphatic rings. The van der Waals surface area contributed by atoms with Crippen molar-refractivity contribution in [1.82, 2.24) is 9.88 Å². The van der Waals surface area contributed by atoms with Crippen LogP contribution < -0.4 is 14.4 Å². The van der Waals surface area contributed by atoms with Crippen LogP contribution in [0.4, 0.5) is 10.8 Å². The molecule has 10 heteroatoms. The fourth-order valence-electron chi connectivity index (χ4n) is 3.81. The van der Waals surface area contributed by atoms with Gasteiger partial charge in [-0.2, -0.15) is 0 Å². The number of rotatable bonds is 5. The molecule has 0 N–H and O–H groups in total. The van der Waals surface area contributed by atoms with Crippen LogP contribution in [0.5, 0.6) is 11.5 Å². The van der Waals surface area contributed by atoms with Gasteiger partial charge in [-0.1, -0.05) is 17.4 Å². The van der Waals surface area contributed by atoms with Gasteiger partial charge >= 0.3 is 0 Å². The average Bonchev–Trinajstić information content (AvgIpc) is 3.25. The molecule has 1 aliphatic heterocycles. The number of hydrogen-bond donors (Lipinski definition) is 0. The average molecular weight is 457 g/mol. The van der Waals surface area contributed by atoms with Gasteiger partial charge < -0.3 is 19.3 Å². The van der Waals surface area contributed by atoms with Gasteiger partial charge in [0.15, 0.2) is 16.6 Å². The van der Waals surface area contributed by atoms with E-state index < -0.39 is 10.8 Å². The van der Waals surface area contributed by atoms with Crippen LogP contribution in [-0.2, 0) is 0 Å². The number of fused-ring (bicyclic) bond motifs is 1. The third kappa shape index (κ3) is 3.81. The van der Waals surface area contributed by atoms with E-state index in [1.54, 1.807) is 16.2 Å². The number of anilines is 1. The molecule has 32 heavy (non-hydrogen) atoms. The fourth-order valence-corrected chi connectivity index (χ4v) is 4.89. The summed E-state index contributed by atoms with van der Waals surface area (Å²) in [5, 5.41) is 12.5. The lowest BCUT2D eigenvalue weighted by molar-refractivity contribution is -0.385. The van der Waals surface area contributed by atoms with E-state index in [4.69, 9.17) is 14.5 Å². The number of aryl methyl sites for hydroxylation is 2. The van der Waals surface area contributed by atoms with Gasteiger partial charge in [0.05, 0.1) is 35.4 Å². The zero-order valence-corrected chi connectivity index (χ0v) is 19.2. The number of carbonyl (C=O) groups excluding carboxylic acids is 1. The van der Waals surface area contributed by atoms with Crippen LogP contribution in [0, 0.1) is 24.0 Å². The van der Waals surface area contributed by atoms with Crippen LogP contribution in [0.2, 0.25) is 0 Å². The van der Waals surface area contributed by atoms with E-state index >= 15 is 0 Å². The number of carbonyl (C=O) groups is 1. The number of ether oxygens (including phenoxy) is 2. The molecule has 1 saturated heterocycles. The van der Waals surface area contributed by atoms with E-state index in [-0.39, 0.29) is 22.7 Å². The second-order valence-corrected chi connectivity index (χ2v) is 8.62. The van der Waals surface area contributed by atoms with Crippen molar-refractivity contribution in [3.05, 3.63) is 51.1 Å². The lowest BCUT2D eigenvalue weighted by Gasteiger charge is -2.34. The minimum Gasteiger partial charge on any atom is -0.493 e. The number of methoxy groups -OCH3 is 2. The minimum atomic E-state index is -0.573. The zero-order valence-electron chi connectivity index (χ0n) is 18.4. The number of nitro groups is 1. The summed E-state index contributed by atoms with van der Waals surface area (Å²) in [5.74, 6) is 0.0928. The van der Waals surface area contributed by atoms with Crippen LogP contribution in [0.3, 0.4) is 0 Å². The maximum atomic E-state index is 13.2. The molecular formula is C22H24N4O5S. The summed E-state index contributed by atoms with van der Waals surface area (Å²) in [4.78, 5) is 32.8. The molecule has 0 atom stereocenters. The lowest BCUT2D eigenvalue weighted by atomic mass is 10.1. The van der Waals surface area contributed by atoms with E-state index in [0.29, 0.717) is 26.2 Å². The number of aromatic nitrogens is 1. The molecule has 1 fully saturated rings. The third-order valence-electron chi connectivity index (χ3n) is 5.84. The van der Waals surface area contributed by atoms with Gasteiger partial charge in [-0.05, 0) is 31.0 Å². The van der Waals surface area contributed by atoms with Crippen molar-refractivity contribution < 1.29 is 19.2 Å². The van der Waals surface area contributed by atoms with E-state index in [1.165, 1.54) is 37.5 Å². The number of nitro benzene ring substituents is 1. The standard InChI is InChI=1S/C22H24N4O5S/c1-13-5-6-19-20(14(13)2)23-22(32-19)25-9-7-24(8-10-25)21(27)15-11-17(30-3)18(31-4)12-16(15)26(28)29/h5-6,11-12H,7-10H2,1-4H3. The minimum absolute atomic E-state index is 0.00723. The summed E-state index contributed by atoms with van der Waals surface area (Å²) in [5.41, 5.74) is 3.10. The van der Waals surface area contributed by atoms with Crippen molar-refractivity contribution in [3.8, 4) is 11.5 Å². The van der Waals surface area contributed by atoms with Crippen molar-refractivity contribution in [1.29, 1.82) is 0 Å². The fraction of sp³-hybridized carbons (Fsp3) is 0.364. The van der Waals surface area contributed by atoms with Gasteiger partial charge in [0, 0.05) is 32.2 Å². The largest absolute Gasteiger partial charge is 0.493 e. The van der Waals surface area contributed by atoms with Crippen LogP contribution in [0.1, 0.15) is 21.5 Å². The predicted molar refractivity (Wildman–Crippen MR) is 123 cm³/mol. The highest BCUT2D eigenvalue weighted by Crippen LogP contribution is 2.36. The Kier molecular flexibility index (Phi) is 5.88. The van der Waals surface area contributed by atoms with Gasteiger partial charge in [-0.3, -0.25) is 14.9 Å². The molecule has 2 aromatic carbocycles. The molecule has 1 aromatic heterocycles. The maximum Gasteiger partial charge on any atom is 0.286 e. The van der Waals surface area contributed by atoms with Crippen molar-refractivity contribution in [2.75, 3.05) is 45.3 Å². The smallest absolute Gasteiger partial charge is 0.286 e. The first kappa shape index (κ1) is 21.8. The molecule has 9 nitrogen and oxygen atoms in total. The summed E-state index contributed by atoms with van der Waals surface area (Å²) in [6.07, 6.45) is 0. The highest BCUT2D eigenvalue weighted by molar-refractivity contribution is 7.22. The molecule has 4 rings (SSSR count). The summed E-state index contributed by atoms with van der Waals surface area (Å²) in [7, 11) is 2.82. The Morgan fingerprint density at radius 3 is 2.38 bits per heavy atom. The third-order valence-corrected chi connectivity index (χ3v) is 6.92. The topological polar surface area (TPSA) is 98.0 Å². The second kappa shape index (κ2) is 8.62. The summed E-state index contributed by atoms with van der Waals surface area (Å²) in [6.45, 7) is 6.24. The van der Waals surface area contributed by atoms with Crippen LogP contribution >= 0.6 is 11.3 Å². The van der Waals surface area contributed by atoms with Crippen LogP contribution in [-0.4, -0.2) is 61.1 Å². The van der Waals surface area contributed by atoms with E-state index in [9.17, 15) is 14.9 Å². The Balaban J connectivity index is 1.54. The van der Waals surface area contributed by atoms with Gasteiger partial charge in [0.2, 0.25) is 0 Å². The summed E-state index contributed by atoms with van der Waals surface area (Å²) in [6, 6.07) is 6.80. The molecule has 0 unspecified atom stereocenters. The Morgan fingerprint density at radius 2 is 1.75 bits per heavy atom. The quantitative estimate of drug-likeness (QED) is 0.425. The number of benzene rings is 2. The number of nitrogens with zero attached hydrogens (tertiary/aromatic N) is 4. The number of piperazine rings is 1. The van der Waals surface area contributed by atoms with Gasteiger partial charge in [0.25, 0.3) is 11.6 Å². The van der Waals surface area contributed by atoms with Crippen LogP contribution in [0.25, 0.3) is 10.2 Å². The summed E-state index contributed by atoms with van der Waals surface area (Å²) < 4.78 is 11.5. The monoisotopic (exact) mass is 456 g/mol. The molecule has 1 amide bonds. The normalized spacial score (nSPS) is 14.0. The van der Waals surface area contributed by atoms with Gasteiger partial charge in [-0.15, -0.1) is 0 Å². The van der Waals surface area contributed by atoms with Crippen molar-refractivity contribution >= 4 is 38.3 Å². The number of amides is 1. The molecule has 0 aliphatic carbocycles. The van der Waals surface area contributed by atoms with Crippen molar-refractivity contribution in [2.24, 2.45) is 0 Å². The molecule has 2 heterocycles. The van der Waals surface area contributed by atoms with E-state index in [0.717, 1.165) is 15.3 Å². The highest BCUT2D eigenvalue weighted by atomic mass is 32.1. The molecule has 0 saturated carbocycles. The van der Waals surface area contributed by atoms with Crippen molar-refractivity contribution in [2.45, 2.75) is 13.8 Å². The Morgan fingerprint density at radius 1 is 1.09 bits per heavy atom. The van der Waals surface area contributed by atoms with Crippen molar-refractivity contribution in [3.63, 3.8) is 0 Å². The first-order chi connectivity index (χ1) is 15.3. The van der Waals surface area contributed by atoms with Gasteiger partial charge in [-0.25, -0.2) is 4.98 Å². The van der Waals surface area contributed by atoms with E-state index in [1.807, 2.05) is 0 Å². The highest BCUT2D eigenvalue weighted by Gasteiger charge is 2.30. The molecule has 3 aromatic rings.